The van der Waals surface area contributed by atoms with Crippen LogP contribution in [0.2, 0.25) is 0 Å². The van der Waals surface area contributed by atoms with Crippen LogP contribution in [0.15, 0.2) is 22.8 Å². The van der Waals surface area contributed by atoms with Crippen molar-refractivity contribution in [1.82, 2.24) is 16.0 Å². The lowest BCUT2D eigenvalue weighted by atomic mass is 9.80. The molecule has 0 radical (unpaired) electrons. The van der Waals surface area contributed by atoms with Gasteiger partial charge in [0.05, 0.1) is 6.26 Å². The van der Waals surface area contributed by atoms with Crippen molar-refractivity contribution in [2.24, 2.45) is 0 Å². The van der Waals surface area contributed by atoms with Crippen molar-refractivity contribution in [1.29, 1.82) is 0 Å². The average Bonchev–Trinajstić information content (AvgIpc) is 3.09. The third-order valence-corrected chi connectivity index (χ3v) is 4.22. The summed E-state index contributed by atoms with van der Waals surface area (Å²) in [6, 6.07) is 2.35. The third kappa shape index (κ3) is 3.91. The van der Waals surface area contributed by atoms with Crippen molar-refractivity contribution in [2.45, 2.75) is 50.6 Å². The van der Waals surface area contributed by atoms with Gasteiger partial charge in [0, 0.05) is 7.05 Å². The zero-order valence-corrected chi connectivity index (χ0v) is 13.5. The highest BCUT2D eigenvalue weighted by atomic mass is 16.3. The van der Waals surface area contributed by atoms with E-state index in [0.717, 1.165) is 19.3 Å². The number of rotatable bonds is 5. The zero-order chi connectivity index (χ0) is 16.9. The van der Waals surface area contributed by atoms with Gasteiger partial charge in [-0.15, -0.1) is 0 Å². The summed E-state index contributed by atoms with van der Waals surface area (Å²) in [6.07, 6.45) is 5.44. The first-order valence-corrected chi connectivity index (χ1v) is 7.87. The molecule has 3 amide bonds. The van der Waals surface area contributed by atoms with Crippen LogP contribution >= 0.6 is 0 Å². The van der Waals surface area contributed by atoms with Crippen LogP contribution in [0.5, 0.6) is 0 Å². The van der Waals surface area contributed by atoms with Crippen LogP contribution < -0.4 is 16.0 Å². The summed E-state index contributed by atoms with van der Waals surface area (Å²) >= 11 is 0. The number of carbonyl (C=O) groups is 3. The Morgan fingerprint density at radius 1 is 1.22 bits per heavy atom. The van der Waals surface area contributed by atoms with Gasteiger partial charge in [0.15, 0.2) is 5.76 Å². The number of likely N-dealkylation sites (N-methyl/N-ethyl adjacent to an activating group) is 1. The first-order valence-electron chi connectivity index (χ1n) is 7.87. The van der Waals surface area contributed by atoms with Gasteiger partial charge in [-0.3, -0.25) is 14.4 Å². The first-order chi connectivity index (χ1) is 11.0. The minimum atomic E-state index is -0.881. The van der Waals surface area contributed by atoms with Gasteiger partial charge in [0.25, 0.3) is 5.91 Å². The summed E-state index contributed by atoms with van der Waals surface area (Å²) in [7, 11) is 1.56. The molecule has 1 aromatic rings. The predicted octanol–water partition coefficient (Wildman–Crippen LogP) is 0.963. The Bertz CT molecular complexity index is 562. The highest BCUT2D eigenvalue weighted by molar-refractivity contribution is 5.97. The van der Waals surface area contributed by atoms with Gasteiger partial charge >= 0.3 is 0 Å². The minimum Gasteiger partial charge on any atom is -0.459 e. The Balaban J connectivity index is 2.00. The molecule has 1 aliphatic rings. The summed E-state index contributed by atoms with van der Waals surface area (Å²) in [5.74, 6) is -0.885. The lowest BCUT2D eigenvalue weighted by Crippen LogP contribution is -2.62. The van der Waals surface area contributed by atoms with E-state index in [9.17, 15) is 14.4 Å². The number of nitrogens with one attached hydrogen (secondary N) is 3. The largest absolute Gasteiger partial charge is 0.459 e. The summed E-state index contributed by atoms with van der Waals surface area (Å²) in [5, 5.41) is 8.03. The van der Waals surface area contributed by atoms with Crippen molar-refractivity contribution in [3.63, 3.8) is 0 Å². The monoisotopic (exact) mass is 321 g/mol. The molecule has 1 aliphatic carbocycles. The third-order valence-electron chi connectivity index (χ3n) is 4.22. The lowest BCUT2D eigenvalue weighted by Gasteiger charge is -2.37. The number of amides is 3. The fourth-order valence-electron chi connectivity index (χ4n) is 2.89. The maximum atomic E-state index is 12.4. The molecule has 0 spiro atoms. The van der Waals surface area contributed by atoms with E-state index in [1.54, 1.807) is 20.0 Å². The molecule has 0 saturated heterocycles. The molecular weight excluding hydrogens is 298 g/mol. The Hall–Kier alpha value is -2.31. The molecule has 1 heterocycles. The molecule has 1 atom stereocenters. The maximum absolute atomic E-state index is 12.4. The van der Waals surface area contributed by atoms with Gasteiger partial charge < -0.3 is 20.4 Å². The van der Waals surface area contributed by atoms with Crippen LogP contribution in [-0.4, -0.2) is 36.3 Å². The van der Waals surface area contributed by atoms with E-state index >= 15 is 0 Å². The van der Waals surface area contributed by atoms with E-state index in [-0.39, 0.29) is 17.6 Å². The van der Waals surface area contributed by atoms with E-state index < -0.39 is 17.5 Å². The molecule has 7 nitrogen and oxygen atoms in total. The van der Waals surface area contributed by atoms with Gasteiger partial charge in [-0.1, -0.05) is 19.3 Å². The van der Waals surface area contributed by atoms with E-state index in [2.05, 4.69) is 16.0 Å². The van der Waals surface area contributed by atoms with Crippen LogP contribution in [0.25, 0.3) is 0 Å². The molecule has 126 valence electrons. The van der Waals surface area contributed by atoms with Gasteiger partial charge in [-0.05, 0) is 31.9 Å². The van der Waals surface area contributed by atoms with Crippen molar-refractivity contribution in [3.05, 3.63) is 24.2 Å². The number of carbonyl (C=O) groups excluding carboxylic acids is 3. The van der Waals surface area contributed by atoms with E-state index in [1.165, 1.54) is 12.3 Å². The van der Waals surface area contributed by atoms with Crippen molar-refractivity contribution in [3.8, 4) is 0 Å². The molecule has 2 rings (SSSR count). The SMILES string of the molecule is CNC(=O)C1(NC(=O)[C@H](C)NC(=O)c2ccco2)CCCCC1. The Kier molecular flexibility index (Phi) is 5.41. The molecule has 0 aliphatic heterocycles. The van der Waals surface area contributed by atoms with Gasteiger partial charge in [-0.25, -0.2) is 0 Å². The average molecular weight is 321 g/mol. The Labute approximate surface area is 135 Å². The molecule has 1 saturated carbocycles. The summed E-state index contributed by atoms with van der Waals surface area (Å²) < 4.78 is 4.99. The van der Waals surface area contributed by atoms with Gasteiger partial charge in [0.1, 0.15) is 11.6 Å². The van der Waals surface area contributed by atoms with E-state index in [0.29, 0.717) is 12.8 Å². The standard InChI is InChI=1S/C16H23N3O4/c1-11(18-14(21)12-7-6-10-23-12)13(20)19-16(15(22)17-2)8-4-3-5-9-16/h6-7,10-11H,3-5,8-9H2,1-2H3,(H,17,22)(H,18,21)(H,19,20)/t11-/m0/s1. The fraction of sp³-hybridized carbons (Fsp3) is 0.562. The van der Waals surface area contributed by atoms with E-state index in [4.69, 9.17) is 4.42 Å². The molecule has 1 aromatic heterocycles. The molecular formula is C16H23N3O4. The molecule has 0 aromatic carbocycles. The van der Waals surface area contributed by atoms with Crippen molar-refractivity contribution >= 4 is 17.7 Å². The molecule has 0 unspecified atom stereocenters. The summed E-state index contributed by atoms with van der Waals surface area (Å²) in [5.41, 5.74) is -0.881. The Morgan fingerprint density at radius 3 is 2.48 bits per heavy atom. The number of hydrogen-bond donors (Lipinski definition) is 3. The van der Waals surface area contributed by atoms with Crippen LogP contribution in [0, 0.1) is 0 Å². The molecule has 7 heteroatoms. The quantitative estimate of drug-likeness (QED) is 0.752. The minimum absolute atomic E-state index is 0.142. The van der Waals surface area contributed by atoms with Gasteiger partial charge in [0.2, 0.25) is 11.8 Å². The van der Waals surface area contributed by atoms with Crippen LogP contribution in [0.3, 0.4) is 0 Å². The fourth-order valence-corrected chi connectivity index (χ4v) is 2.89. The Morgan fingerprint density at radius 2 is 1.91 bits per heavy atom. The molecule has 23 heavy (non-hydrogen) atoms. The second-order valence-corrected chi connectivity index (χ2v) is 5.88. The maximum Gasteiger partial charge on any atom is 0.287 e. The molecule has 3 N–H and O–H groups in total. The van der Waals surface area contributed by atoms with Crippen LogP contribution in [0.4, 0.5) is 0 Å². The molecule has 0 bridgehead atoms. The molecule has 1 fully saturated rings. The lowest BCUT2D eigenvalue weighted by molar-refractivity contribution is -0.135. The van der Waals surface area contributed by atoms with Crippen LogP contribution in [-0.2, 0) is 9.59 Å². The normalized spacial score (nSPS) is 17.8. The highest BCUT2D eigenvalue weighted by Crippen LogP contribution is 2.28. The second kappa shape index (κ2) is 7.30. The highest BCUT2D eigenvalue weighted by Gasteiger charge is 2.41. The van der Waals surface area contributed by atoms with Crippen molar-refractivity contribution < 1.29 is 18.8 Å². The zero-order valence-electron chi connectivity index (χ0n) is 13.5. The first kappa shape index (κ1) is 17.1. The smallest absolute Gasteiger partial charge is 0.287 e. The summed E-state index contributed by atoms with van der Waals surface area (Å²) in [4.78, 5) is 36.6. The predicted molar refractivity (Wildman–Crippen MR) is 83.7 cm³/mol. The van der Waals surface area contributed by atoms with Gasteiger partial charge in [-0.2, -0.15) is 0 Å². The topological polar surface area (TPSA) is 100 Å². The summed E-state index contributed by atoms with van der Waals surface area (Å²) in [6.45, 7) is 1.58. The van der Waals surface area contributed by atoms with Crippen LogP contribution in [0.1, 0.15) is 49.6 Å². The van der Waals surface area contributed by atoms with E-state index in [1.807, 2.05) is 0 Å². The van der Waals surface area contributed by atoms with Crippen molar-refractivity contribution in [2.75, 3.05) is 7.05 Å². The number of hydrogen-bond acceptors (Lipinski definition) is 4. The second-order valence-electron chi connectivity index (χ2n) is 5.88. The number of furan rings is 1.